The normalized spacial score (nSPS) is 18.3. The Morgan fingerprint density at radius 1 is 1.30 bits per heavy atom. The van der Waals surface area contributed by atoms with Crippen LogP contribution in [0.4, 0.5) is 0 Å². The van der Waals surface area contributed by atoms with Gasteiger partial charge in [-0.05, 0) is 36.0 Å². The van der Waals surface area contributed by atoms with Crippen molar-refractivity contribution in [2.45, 2.75) is 70.9 Å². The second-order valence-electron chi connectivity index (χ2n) is 6.36. The number of fused-ring (bicyclic) bond motifs is 1. The van der Waals surface area contributed by atoms with E-state index < -0.39 is 0 Å². The summed E-state index contributed by atoms with van der Waals surface area (Å²) in [6.45, 7) is 4.48. The van der Waals surface area contributed by atoms with Crippen molar-refractivity contribution in [1.29, 1.82) is 0 Å². The fourth-order valence-electron chi connectivity index (χ4n) is 3.36. The predicted octanol–water partition coefficient (Wildman–Crippen LogP) is 3.07. The Bertz CT molecular complexity index is 530. The number of carbonyl (C=O) groups excluding carboxylic acids is 1. The van der Waals surface area contributed by atoms with E-state index in [4.69, 9.17) is 4.74 Å². The first-order chi connectivity index (χ1) is 10.8. The Kier molecular flexibility index (Phi) is 6.88. The predicted molar refractivity (Wildman–Crippen MR) is 93.5 cm³/mol. The summed E-state index contributed by atoms with van der Waals surface area (Å²) in [6.07, 6.45) is 5.36. The lowest BCUT2D eigenvalue weighted by atomic mass is 10.1. The van der Waals surface area contributed by atoms with Crippen LogP contribution in [0.15, 0.2) is 18.2 Å². The van der Waals surface area contributed by atoms with Crippen LogP contribution in [0.1, 0.15) is 55.7 Å². The zero-order valence-electron chi connectivity index (χ0n) is 13.8. The van der Waals surface area contributed by atoms with Gasteiger partial charge in [-0.15, -0.1) is 12.4 Å². The maximum Gasteiger partial charge on any atom is 0.249 e. The average molecular weight is 339 g/mol. The molecule has 0 spiro atoms. The molecule has 1 fully saturated rings. The summed E-state index contributed by atoms with van der Waals surface area (Å²) >= 11 is 0. The number of rotatable bonds is 6. The molecular weight excluding hydrogens is 312 g/mol. The lowest BCUT2D eigenvalue weighted by Crippen LogP contribution is -2.37. The molecule has 1 aliphatic carbocycles. The van der Waals surface area contributed by atoms with Crippen molar-refractivity contribution in [3.05, 3.63) is 34.9 Å². The van der Waals surface area contributed by atoms with Gasteiger partial charge in [0.15, 0.2) is 0 Å². The summed E-state index contributed by atoms with van der Waals surface area (Å²) in [4.78, 5) is 12.3. The van der Waals surface area contributed by atoms with Crippen LogP contribution < -0.4 is 10.6 Å². The second kappa shape index (κ2) is 8.67. The van der Waals surface area contributed by atoms with Gasteiger partial charge in [0.2, 0.25) is 5.91 Å². The third kappa shape index (κ3) is 4.69. The van der Waals surface area contributed by atoms with Gasteiger partial charge in [0.1, 0.15) is 6.10 Å². The standard InChI is InChI=1S/C18H26N2O2.ClH/c1-2-17(22-16-5-3-4-6-16)18(21)20-10-13-7-8-14-11-19-12-15(14)9-13;/h7-9,16-17,19H,2-6,10-12H2,1H3,(H,20,21);1H. The van der Waals surface area contributed by atoms with Gasteiger partial charge in [0.25, 0.3) is 0 Å². The summed E-state index contributed by atoms with van der Waals surface area (Å²) in [5, 5.41) is 6.37. The molecule has 2 aliphatic rings. The molecule has 0 aromatic heterocycles. The minimum absolute atomic E-state index is 0. The molecule has 1 unspecified atom stereocenters. The highest BCUT2D eigenvalue weighted by molar-refractivity contribution is 5.85. The number of halogens is 1. The molecule has 2 N–H and O–H groups in total. The van der Waals surface area contributed by atoms with E-state index in [1.54, 1.807) is 0 Å². The van der Waals surface area contributed by atoms with Crippen LogP contribution in [0.3, 0.4) is 0 Å². The van der Waals surface area contributed by atoms with Crippen molar-refractivity contribution in [1.82, 2.24) is 10.6 Å². The Balaban J connectivity index is 0.00000192. The smallest absolute Gasteiger partial charge is 0.249 e. The highest BCUT2D eigenvalue weighted by atomic mass is 35.5. The van der Waals surface area contributed by atoms with Crippen LogP contribution in [0.5, 0.6) is 0 Å². The van der Waals surface area contributed by atoms with E-state index in [-0.39, 0.29) is 30.5 Å². The highest BCUT2D eigenvalue weighted by Crippen LogP contribution is 2.23. The van der Waals surface area contributed by atoms with Crippen molar-refractivity contribution in [3.8, 4) is 0 Å². The van der Waals surface area contributed by atoms with Gasteiger partial charge < -0.3 is 15.4 Å². The fraction of sp³-hybridized carbons (Fsp3) is 0.611. The number of amides is 1. The van der Waals surface area contributed by atoms with Crippen LogP contribution in [0.25, 0.3) is 0 Å². The molecule has 1 amide bonds. The molecule has 1 heterocycles. The molecule has 0 radical (unpaired) electrons. The Hall–Kier alpha value is -1.10. The molecule has 4 nitrogen and oxygen atoms in total. The van der Waals surface area contributed by atoms with E-state index in [1.807, 2.05) is 6.92 Å². The van der Waals surface area contributed by atoms with E-state index >= 15 is 0 Å². The van der Waals surface area contributed by atoms with Crippen molar-refractivity contribution < 1.29 is 9.53 Å². The molecule has 3 rings (SSSR count). The summed E-state index contributed by atoms with van der Waals surface area (Å²) < 4.78 is 5.96. The van der Waals surface area contributed by atoms with Gasteiger partial charge in [0.05, 0.1) is 6.10 Å². The lowest BCUT2D eigenvalue weighted by Gasteiger charge is -2.20. The van der Waals surface area contributed by atoms with E-state index in [0.717, 1.165) is 37.9 Å². The molecule has 23 heavy (non-hydrogen) atoms. The topological polar surface area (TPSA) is 50.4 Å². The number of nitrogens with one attached hydrogen (secondary N) is 2. The zero-order valence-corrected chi connectivity index (χ0v) is 14.6. The van der Waals surface area contributed by atoms with Gasteiger partial charge in [-0.1, -0.05) is 38.0 Å². The minimum atomic E-state index is -0.306. The molecule has 0 bridgehead atoms. The van der Waals surface area contributed by atoms with Crippen molar-refractivity contribution in [2.75, 3.05) is 0 Å². The van der Waals surface area contributed by atoms with E-state index in [9.17, 15) is 4.79 Å². The van der Waals surface area contributed by atoms with Gasteiger partial charge in [-0.25, -0.2) is 0 Å². The van der Waals surface area contributed by atoms with Gasteiger partial charge in [-0.3, -0.25) is 4.79 Å². The summed E-state index contributed by atoms with van der Waals surface area (Å²) in [6, 6.07) is 6.45. The monoisotopic (exact) mass is 338 g/mol. The van der Waals surface area contributed by atoms with Crippen LogP contribution >= 0.6 is 12.4 Å². The molecule has 1 aromatic carbocycles. The Morgan fingerprint density at radius 2 is 2.04 bits per heavy atom. The largest absolute Gasteiger partial charge is 0.365 e. The fourth-order valence-corrected chi connectivity index (χ4v) is 3.36. The lowest BCUT2D eigenvalue weighted by molar-refractivity contribution is -0.136. The summed E-state index contributed by atoms with van der Waals surface area (Å²) in [5.74, 6) is 0.0213. The number of hydrogen-bond acceptors (Lipinski definition) is 3. The number of carbonyl (C=O) groups is 1. The first-order valence-electron chi connectivity index (χ1n) is 8.51. The molecule has 1 aromatic rings. The molecule has 0 saturated heterocycles. The van der Waals surface area contributed by atoms with Crippen LogP contribution in [-0.2, 0) is 29.2 Å². The minimum Gasteiger partial charge on any atom is -0.365 e. The van der Waals surface area contributed by atoms with E-state index in [2.05, 4.69) is 28.8 Å². The van der Waals surface area contributed by atoms with Gasteiger partial charge in [0, 0.05) is 19.6 Å². The number of benzene rings is 1. The Labute approximate surface area is 144 Å². The van der Waals surface area contributed by atoms with Gasteiger partial charge in [-0.2, -0.15) is 0 Å². The molecule has 1 aliphatic heterocycles. The second-order valence-corrected chi connectivity index (χ2v) is 6.36. The van der Waals surface area contributed by atoms with E-state index in [1.165, 1.54) is 24.0 Å². The Morgan fingerprint density at radius 3 is 2.78 bits per heavy atom. The van der Waals surface area contributed by atoms with Gasteiger partial charge >= 0.3 is 0 Å². The number of ether oxygens (including phenoxy) is 1. The average Bonchev–Trinajstić information content (AvgIpc) is 3.20. The van der Waals surface area contributed by atoms with Crippen LogP contribution in [-0.4, -0.2) is 18.1 Å². The van der Waals surface area contributed by atoms with E-state index in [0.29, 0.717) is 6.54 Å². The summed E-state index contributed by atoms with van der Waals surface area (Å²) in [7, 11) is 0. The maximum absolute atomic E-state index is 12.3. The first-order valence-corrected chi connectivity index (χ1v) is 8.51. The molecular formula is C18H27ClN2O2. The highest BCUT2D eigenvalue weighted by Gasteiger charge is 2.24. The maximum atomic E-state index is 12.3. The molecule has 1 saturated carbocycles. The van der Waals surface area contributed by atoms with Crippen molar-refractivity contribution in [2.24, 2.45) is 0 Å². The van der Waals surface area contributed by atoms with Crippen LogP contribution in [0.2, 0.25) is 0 Å². The quantitative estimate of drug-likeness (QED) is 0.838. The first kappa shape index (κ1) is 18.2. The molecule has 5 heteroatoms. The molecule has 128 valence electrons. The zero-order chi connectivity index (χ0) is 15.4. The summed E-state index contributed by atoms with van der Waals surface area (Å²) in [5.41, 5.74) is 3.87. The van der Waals surface area contributed by atoms with Crippen LogP contribution in [0, 0.1) is 0 Å². The number of hydrogen-bond donors (Lipinski definition) is 2. The third-order valence-corrected chi connectivity index (χ3v) is 4.69. The third-order valence-electron chi connectivity index (χ3n) is 4.69. The SMILES string of the molecule is CCC(OC1CCCC1)C(=O)NCc1ccc2c(c1)CNC2.Cl. The molecule has 1 atom stereocenters. The van der Waals surface area contributed by atoms with Crippen molar-refractivity contribution in [3.63, 3.8) is 0 Å². The van der Waals surface area contributed by atoms with Crippen molar-refractivity contribution >= 4 is 18.3 Å².